The Morgan fingerprint density at radius 2 is 1.79 bits per heavy atom. The van der Waals surface area contributed by atoms with E-state index in [9.17, 15) is 14.4 Å². The van der Waals surface area contributed by atoms with E-state index in [1.54, 1.807) is 36.4 Å². The average molecular weight is 553 g/mol. The van der Waals surface area contributed by atoms with Gasteiger partial charge in [0.1, 0.15) is 18.9 Å². The lowest BCUT2D eigenvalue weighted by atomic mass is 10.1. The van der Waals surface area contributed by atoms with Gasteiger partial charge in [-0.2, -0.15) is 0 Å². The van der Waals surface area contributed by atoms with E-state index in [4.69, 9.17) is 25.8 Å². The highest BCUT2D eigenvalue weighted by atomic mass is 35.5. The smallest absolute Gasteiger partial charge is 0.294 e. The number of anilines is 1. The molecule has 1 N–H and O–H groups in total. The molecule has 1 saturated heterocycles. The fourth-order valence-corrected chi connectivity index (χ4v) is 4.74. The predicted molar refractivity (Wildman–Crippen MR) is 148 cm³/mol. The minimum atomic E-state index is -0.568. The van der Waals surface area contributed by atoms with Gasteiger partial charge in [0.2, 0.25) is 5.91 Å². The number of carbonyl (C=O) groups is 3. The highest BCUT2D eigenvalue weighted by Gasteiger charge is 2.36. The van der Waals surface area contributed by atoms with Crippen LogP contribution in [0.4, 0.5) is 10.5 Å². The number of hydrogen-bond acceptors (Lipinski definition) is 7. The van der Waals surface area contributed by atoms with Gasteiger partial charge in [-0.3, -0.25) is 19.3 Å². The third-order valence-corrected chi connectivity index (χ3v) is 6.59. The molecule has 0 bridgehead atoms. The van der Waals surface area contributed by atoms with Crippen LogP contribution < -0.4 is 19.5 Å². The minimum absolute atomic E-state index is 0.167. The maximum absolute atomic E-state index is 12.9. The topological polar surface area (TPSA) is 94.2 Å². The molecule has 1 heterocycles. The molecule has 38 heavy (non-hydrogen) atoms. The molecule has 0 unspecified atom stereocenters. The second kappa shape index (κ2) is 12.5. The van der Waals surface area contributed by atoms with Crippen LogP contribution in [0.15, 0.2) is 71.6 Å². The normalized spacial score (nSPS) is 14.1. The van der Waals surface area contributed by atoms with E-state index >= 15 is 0 Å². The monoisotopic (exact) mass is 552 g/mol. The zero-order valence-corrected chi connectivity index (χ0v) is 22.3. The van der Waals surface area contributed by atoms with Gasteiger partial charge in [-0.25, -0.2) is 0 Å². The first-order valence-electron chi connectivity index (χ1n) is 11.7. The van der Waals surface area contributed by atoms with E-state index in [1.807, 2.05) is 37.3 Å². The van der Waals surface area contributed by atoms with Crippen LogP contribution in [0.25, 0.3) is 6.08 Å². The number of thioether (sulfide) groups is 1. The quantitative estimate of drug-likeness (QED) is 0.308. The van der Waals surface area contributed by atoms with E-state index < -0.39 is 23.6 Å². The number of halogens is 1. The largest absolute Gasteiger partial charge is 0.494 e. The van der Waals surface area contributed by atoms with E-state index in [0.29, 0.717) is 46.7 Å². The highest BCUT2D eigenvalue weighted by Crippen LogP contribution is 2.39. The third kappa shape index (κ3) is 6.67. The highest BCUT2D eigenvalue weighted by molar-refractivity contribution is 8.18. The molecule has 0 aliphatic carbocycles. The van der Waals surface area contributed by atoms with Gasteiger partial charge in [0, 0.05) is 5.69 Å². The van der Waals surface area contributed by atoms with Crippen LogP contribution in [0.1, 0.15) is 18.1 Å². The van der Waals surface area contributed by atoms with Crippen molar-refractivity contribution in [1.82, 2.24) is 4.90 Å². The SMILES string of the molecule is CCOc1ccc(NC(=O)CN2C(=O)S/C(=C/c3cc(Cl)c(OCc4ccccc4)c(OC)c3)C2=O)cc1. The predicted octanol–water partition coefficient (Wildman–Crippen LogP) is 6.00. The molecule has 8 nitrogen and oxygen atoms in total. The summed E-state index contributed by atoms with van der Waals surface area (Å²) in [5, 5.41) is 2.43. The molecule has 0 radical (unpaired) electrons. The molecule has 3 amide bonds. The summed E-state index contributed by atoms with van der Waals surface area (Å²) in [6, 6.07) is 19.7. The van der Waals surface area contributed by atoms with Gasteiger partial charge in [-0.05, 0) is 72.3 Å². The number of nitrogens with one attached hydrogen (secondary N) is 1. The minimum Gasteiger partial charge on any atom is -0.494 e. The third-order valence-electron chi connectivity index (χ3n) is 5.40. The fraction of sp³-hybridized carbons (Fsp3) is 0.179. The number of amides is 3. The second-order valence-electron chi connectivity index (χ2n) is 8.08. The van der Waals surface area contributed by atoms with Crippen LogP contribution in [0.3, 0.4) is 0 Å². The first-order chi connectivity index (χ1) is 18.4. The Morgan fingerprint density at radius 1 is 1.05 bits per heavy atom. The first-order valence-corrected chi connectivity index (χ1v) is 12.9. The Labute approximate surface area is 229 Å². The molecular formula is C28H25ClN2O6S. The summed E-state index contributed by atoms with van der Waals surface area (Å²) in [6.07, 6.45) is 1.53. The van der Waals surface area contributed by atoms with Gasteiger partial charge < -0.3 is 19.5 Å². The summed E-state index contributed by atoms with van der Waals surface area (Å²) >= 11 is 7.22. The van der Waals surface area contributed by atoms with Crippen LogP contribution in [0, 0.1) is 0 Å². The Kier molecular flexibility index (Phi) is 8.93. The molecule has 0 saturated carbocycles. The van der Waals surface area contributed by atoms with E-state index in [1.165, 1.54) is 13.2 Å². The number of carbonyl (C=O) groups excluding carboxylic acids is 3. The number of nitrogens with zero attached hydrogens (tertiary/aromatic N) is 1. The molecule has 1 fully saturated rings. The van der Waals surface area contributed by atoms with Crippen molar-refractivity contribution in [2.75, 3.05) is 25.6 Å². The molecule has 1 aliphatic rings. The van der Waals surface area contributed by atoms with Gasteiger partial charge in [0.25, 0.3) is 11.1 Å². The summed E-state index contributed by atoms with van der Waals surface area (Å²) in [4.78, 5) is 39.0. The second-order valence-corrected chi connectivity index (χ2v) is 9.48. The molecule has 1 aliphatic heterocycles. The number of hydrogen-bond donors (Lipinski definition) is 1. The molecule has 0 aromatic heterocycles. The van der Waals surface area contributed by atoms with E-state index in [0.717, 1.165) is 22.2 Å². The van der Waals surface area contributed by atoms with Crippen LogP contribution in [-0.2, 0) is 16.2 Å². The maximum atomic E-state index is 12.9. The Morgan fingerprint density at radius 3 is 2.47 bits per heavy atom. The molecule has 0 atom stereocenters. The lowest BCUT2D eigenvalue weighted by Crippen LogP contribution is -2.36. The van der Waals surface area contributed by atoms with Crippen molar-refractivity contribution in [3.63, 3.8) is 0 Å². The van der Waals surface area contributed by atoms with Crippen LogP contribution in [-0.4, -0.2) is 42.2 Å². The van der Waals surface area contributed by atoms with Gasteiger partial charge >= 0.3 is 0 Å². The van der Waals surface area contributed by atoms with E-state index in [-0.39, 0.29) is 4.91 Å². The summed E-state index contributed by atoms with van der Waals surface area (Å²) in [5.74, 6) is 0.362. The molecule has 3 aromatic carbocycles. The van der Waals surface area contributed by atoms with Gasteiger partial charge in [0.05, 0.1) is 23.6 Å². The van der Waals surface area contributed by atoms with Crippen molar-refractivity contribution in [2.45, 2.75) is 13.5 Å². The number of benzene rings is 3. The number of ether oxygens (including phenoxy) is 3. The average Bonchev–Trinajstić information content (AvgIpc) is 3.16. The van der Waals surface area contributed by atoms with Crippen molar-refractivity contribution in [1.29, 1.82) is 0 Å². The Hall–Kier alpha value is -3.95. The zero-order chi connectivity index (χ0) is 27.1. The van der Waals surface area contributed by atoms with Crippen molar-refractivity contribution in [3.05, 3.63) is 87.8 Å². The zero-order valence-electron chi connectivity index (χ0n) is 20.7. The number of rotatable bonds is 10. The number of imide groups is 1. The van der Waals surface area contributed by atoms with Crippen LogP contribution in [0.5, 0.6) is 17.2 Å². The lowest BCUT2D eigenvalue weighted by Gasteiger charge is -2.14. The molecule has 196 valence electrons. The van der Waals surface area contributed by atoms with Crippen molar-refractivity contribution >= 4 is 52.2 Å². The molecule has 10 heteroatoms. The molecule has 3 aromatic rings. The van der Waals surface area contributed by atoms with Crippen molar-refractivity contribution in [2.24, 2.45) is 0 Å². The van der Waals surface area contributed by atoms with Crippen molar-refractivity contribution < 1.29 is 28.6 Å². The number of methoxy groups -OCH3 is 1. The van der Waals surface area contributed by atoms with Gasteiger partial charge in [0.15, 0.2) is 11.5 Å². The standard InChI is InChI=1S/C28H25ClN2O6S/c1-3-36-21-11-9-20(10-12-21)30-25(32)16-31-27(33)24(38-28(31)34)15-19-13-22(29)26(23(14-19)35-2)37-17-18-7-5-4-6-8-18/h4-15H,3,16-17H2,1-2H3,(H,30,32)/b24-15+. The fourth-order valence-electron chi connectivity index (χ4n) is 3.63. The molecular weight excluding hydrogens is 528 g/mol. The summed E-state index contributed by atoms with van der Waals surface area (Å²) in [6.45, 7) is 2.30. The molecule has 4 rings (SSSR count). The Balaban J connectivity index is 1.43. The Bertz CT molecular complexity index is 1360. The van der Waals surface area contributed by atoms with Gasteiger partial charge in [-0.15, -0.1) is 0 Å². The van der Waals surface area contributed by atoms with Crippen LogP contribution >= 0.6 is 23.4 Å². The first kappa shape index (κ1) is 27.1. The molecule has 0 spiro atoms. The summed E-state index contributed by atoms with van der Waals surface area (Å²) in [5.41, 5.74) is 2.04. The van der Waals surface area contributed by atoms with Crippen LogP contribution in [0.2, 0.25) is 5.02 Å². The van der Waals surface area contributed by atoms with Gasteiger partial charge in [-0.1, -0.05) is 41.9 Å². The summed E-state index contributed by atoms with van der Waals surface area (Å²) < 4.78 is 16.7. The van der Waals surface area contributed by atoms with E-state index in [2.05, 4.69) is 5.32 Å². The van der Waals surface area contributed by atoms with Crippen molar-refractivity contribution in [3.8, 4) is 17.2 Å². The lowest BCUT2D eigenvalue weighted by molar-refractivity contribution is -0.127. The summed E-state index contributed by atoms with van der Waals surface area (Å²) in [7, 11) is 1.49. The maximum Gasteiger partial charge on any atom is 0.294 e.